The van der Waals surface area contributed by atoms with Crippen LogP contribution in [0, 0.1) is 0 Å². The van der Waals surface area contributed by atoms with E-state index in [2.05, 4.69) is 31.9 Å². The van der Waals surface area contributed by atoms with Crippen molar-refractivity contribution in [1.82, 2.24) is 20.0 Å². The van der Waals surface area contributed by atoms with E-state index in [4.69, 9.17) is 9.47 Å². The van der Waals surface area contributed by atoms with Gasteiger partial charge in [0.05, 0.1) is 6.10 Å². The molecule has 0 aromatic rings. The molecule has 2 rings (SSSR count). The van der Waals surface area contributed by atoms with Gasteiger partial charge in [0.15, 0.2) is 5.96 Å². The molecule has 8 heteroatoms. The summed E-state index contributed by atoms with van der Waals surface area (Å²) in [6.07, 6.45) is 5.99. The molecular weight excluding hydrogens is 481 g/mol. The number of nitrogens with zero attached hydrogens (tertiary/aromatic N) is 4. The van der Waals surface area contributed by atoms with Crippen molar-refractivity contribution in [3.05, 3.63) is 0 Å². The van der Waals surface area contributed by atoms with Gasteiger partial charge in [-0.25, -0.2) is 0 Å². The maximum absolute atomic E-state index is 5.96. The van der Waals surface area contributed by atoms with Crippen molar-refractivity contribution in [3.8, 4) is 0 Å². The number of rotatable bonds is 11. The number of methoxy groups -OCH3 is 1. The number of ether oxygens (including phenoxy) is 2. The summed E-state index contributed by atoms with van der Waals surface area (Å²) in [6, 6.07) is 0. The fraction of sp³-hybridized carbons (Fsp3) is 0.952. The average molecular weight is 526 g/mol. The zero-order valence-electron chi connectivity index (χ0n) is 18.9. The molecule has 2 aliphatic heterocycles. The largest absolute Gasteiger partial charge is 0.385 e. The summed E-state index contributed by atoms with van der Waals surface area (Å²) < 4.78 is 11.0. The Morgan fingerprint density at radius 2 is 1.66 bits per heavy atom. The van der Waals surface area contributed by atoms with Gasteiger partial charge in [0.2, 0.25) is 0 Å². The molecule has 2 heterocycles. The van der Waals surface area contributed by atoms with Crippen molar-refractivity contribution >= 4 is 29.9 Å². The minimum Gasteiger partial charge on any atom is -0.385 e. The first-order valence-electron chi connectivity index (χ1n) is 11.3. The molecule has 0 aliphatic carbocycles. The first kappa shape index (κ1) is 26.9. The number of hydrogen-bond donors (Lipinski definition) is 1. The highest BCUT2D eigenvalue weighted by Gasteiger charge is 2.21. The third-order valence-electron chi connectivity index (χ3n) is 5.90. The number of halogens is 1. The topological polar surface area (TPSA) is 52.6 Å². The van der Waals surface area contributed by atoms with Crippen LogP contribution in [0.4, 0.5) is 0 Å². The molecule has 0 unspecified atom stereocenters. The van der Waals surface area contributed by atoms with E-state index in [1.165, 1.54) is 52.1 Å². The average Bonchev–Trinajstić information content (AvgIpc) is 2.75. The second-order valence-corrected chi connectivity index (χ2v) is 7.86. The van der Waals surface area contributed by atoms with Crippen molar-refractivity contribution in [2.24, 2.45) is 4.99 Å². The smallest absolute Gasteiger partial charge is 0.193 e. The van der Waals surface area contributed by atoms with Crippen LogP contribution in [-0.4, -0.2) is 113 Å². The molecule has 1 N–H and O–H groups in total. The summed E-state index contributed by atoms with van der Waals surface area (Å²) in [4.78, 5) is 12.0. The van der Waals surface area contributed by atoms with Crippen LogP contribution in [0.1, 0.15) is 39.0 Å². The van der Waals surface area contributed by atoms with E-state index in [-0.39, 0.29) is 24.0 Å². The van der Waals surface area contributed by atoms with E-state index in [1.54, 1.807) is 7.11 Å². The molecule has 0 aromatic heterocycles. The standard InChI is InChI=1S/C21H43N5O2.HI/c1-4-24-14-16-25(17-15-24)11-6-5-10-23-21(22-2)26-12-8-20(9-13-26)28-19-7-18-27-3;/h20H,4-19H2,1-3H3,(H,22,23);1H. The predicted molar refractivity (Wildman–Crippen MR) is 132 cm³/mol. The number of unbranched alkanes of at least 4 members (excludes halogenated alkanes) is 1. The Morgan fingerprint density at radius 1 is 0.966 bits per heavy atom. The molecule has 0 bridgehead atoms. The summed E-state index contributed by atoms with van der Waals surface area (Å²) >= 11 is 0. The molecule has 0 amide bonds. The zero-order chi connectivity index (χ0) is 20.0. The second kappa shape index (κ2) is 16.5. The van der Waals surface area contributed by atoms with E-state index in [9.17, 15) is 0 Å². The van der Waals surface area contributed by atoms with Gasteiger partial charge in [-0.1, -0.05) is 6.92 Å². The van der Waals surface area contributed by atoms with Gasteiger partial charge >= 0.3 is 0 Å². The fourth-order valence-corrected chi connectivity index (χ4v) is 4.01. The zero-order valence-corrected chi connectivity index (χ0v) is 21.2. The number of hydrogen-bond acceptors (Lipinski definition) is 5. The first-order chi connectivity index (χ1) is 13.8. The molecule has 0 aromatic carbocycles. The molecule has 0 radical (unpaired) electrons. The maximum atomic E-state index is 5.96. The van der Waals surface area contributed by atoms with Crippen molar-refractivity contribution < 1.29 is 9.47 Å². The summed E-state index contributed by atoms with van der Waals surface area (Å²) in [5.74, 6) is 1.05. The Kier molecular flexibility index (Phi) is 15.3. The van der Waals surface area contributed by atoms with Crippen LogP contribution in [0.15, 0.2) is 4.99 Å². The van der Waals surface area contributed by atoms with Gasteiger partial charge in [-0.2, -0.15) is 0 Å². The van der Waals surface area contributed by atoms with Crippen LogP contribution in [-0.2, 0) is 9.47 Å². The minimum atomic E-state index is 0. The second-order valence-electron chi connectivity index (χ2n) is 7.86. The normalized spacial score (nSPS) is 20.0. The third-order valence-corrected chi connectivity index (χ3v) is 5.90. The van der Waals surface area contributed by atoms with Gasteiger partial charge in [0.1, 0.15) is 0 Å². The molecule has 2 fully saturated rings. The Labute approximate surface area is 195 Å². The summed E-state index contributed by atoms with van der Waals surface area (Å²) in [7, 11) is 3.63. The Balaban J connectivity index is 0.00000420. The van der Waals surface area contributed by atoms with Crippen LogP contribution >= 0.6 is 24.0 Å². The Bertz CT molecular complexity index is 425. The Hall–Kier alpha value is -0.160. The Morgan fingerprint density at radius 3 is 2.28 bits per heavy atom. The quantitative estimate of drug-likeness (QED) is 0.193. The van der Waals surface area contributed by atoms with E-state index < -0.39 is 0 Å². The van der Waals surface area contributed by atoms with Crippen molar-refractivity contribution in [2.45, 2.75) is 45.1 Å². The molecule has 2 aliphatic rings. The molecule has 29 heavy (non-hydrogen) atoms. The lowest BCUT2D eigenvalue weighted by Gasteiger charge is -2.34. The highest BCUT2D eigenvalue weighted by atomic mass is 127. The van der Waals surface area contributed by atoms with E-state index in [0.717, 1.165) is 58.1 Å². The van der Waals surface area contributed by atoms with Crippen LogP contribution in [0.2, 0.25) is 0 Å². The SMILES string of the molecule is CCN1CCN(CCCCNC(=NC)N2CCC(OCCCOC)CC2)CC1.I. The number of nitrogens with one attached hydrogen (secondary N) is 1. The van der Waals surface area contributed by atoms with E-state index in [0.29, 0.717) is 6.10 Å². The van der Waals surface area contributed by atoms with Gasteiger partial charge < -0.3 is 29.5 Å². The van der Waals surface area contributed by atoms with Crippen LogP contribution in [0.3, 0.4) is 0 Å². The lowest BCUT2D eigenvalue weighted by atomic mass is 10.1. The molecule has 7 nitrogen and oxygen atoms in total. The number of piperazine rings is 1. The fourth-order valence-electron chi connectivity index (χ4n) is 4.01. The molecular formula is C21H44IN5O2. The van der Waals surface area contributed by atoms with Crippen molar-refractivity contribution in [1.29, 1.82) is 0 Å². The number of piperidine rings is 1. The summed E-state index contributed by atoms with van der Waals surface area (Å²) in [6.45, 7) is 14.2. The molecule has 0 spiro atoms. The highest BCUT2D eigenvalue weighted by molar-refractivity contribution is 14.0. The van der Waals surface area contributed by atoms with E-state index >= 15 is 0 Å². The summed E-state index contributed by atoms with van der Waals surface area (Å²) in [5.41, 5.74) is 0. The molecule has 172 valence electrons. The number of likely N-dealkylation sites (N-methyl/N-ethyl adjacent to an activating group) is 1. The van der Waals surface area contributed by atoms with Gasteiger partial charge in [-0.3, -0.25) is 4.99 Å². The minimum absolute atomic E-state index is 0. The molecule has 0 atom stereocenters. The van der Waals surface area contributed by atoms with Gasteiger partial charge in [-0.05, 0) is 45.2 Å². The van der Waals surface area contributed by atoms with Crippen molar-refractivity contribution in [3.63, 3.8) is 0 Å². The molecule has 0 saturated carbocycles. The molecule has 2 saturated heterocycles. The first-order valence-corrected chi connectivity index (χ1v) is 11.3. The number of likely N-dealkylation sites (tertiary alicyclic amines) is 1. The van der Waals surface area contributed by atoms with Crippen LogP contribution in [0.5, 0.6) is 0 Å². The number of aliphatic imine (C=N–C) groups is 1. The lowest BCUT2D eigenvalue weighted by molar-refractivity contribution is 0.00991. The number of guanidine groups is 1. The maximum Gasteiger partial charge on any atom is 0.193 e. The summed E-state index contributed by atoms with van der Waals surface area (Å²) in [5, 5.41) is 3.56. The van der Waals surface area contributed by atoms with E-state index in [1.807, 2.05) is 7.05 Å². The predicted octanol–water partition coefficient (Wildman–Crippen LogP) is 2.12. The van der Waals surface area contributed by atoms with Crippen molar-refractivity contribution in [2.75, 3.05) is 86.3 Å². The van der Waals surface area contributed by atoms with Crippen LogP contribution in [0.25, 0.3) is 0 Å². The monoisotopic (exact) mass is 525 g/mol. The van der Waals surface area contributed by atoms with Gasteiger partial charge in [0, 0.05) is 73.2 Å². The third kappa shape index (κ3) is 10.6. The van der Waals surface area contributed by atoms with Gasteiger partial charge in [-0.15, -0.1) is 24.0 Å². The highest BCUT2D eigenvalue weighted by Crippen LogP contribution is 2.14. The lowest BCUT2D eigenvalue weighted by Crippen LogP contribution is -2.47. The van der Waals surface area contributed by atoms with Gasteiger partial charge in [0.25, 0.3) is 0 Å². The van der Waals surface area contributed by atoms with Crippen LogP contribution < -0.4 is 5.32 Å².